The first-order chi connectivity index (χ1) is 11.7. The van der Waals surface area contributed by atoms with Gasteiger partial charge in [0.1, 0.15) is 12.4 Å². The first-order valence-electron chi connectivity index (χ1n) is 7.08. The average molecular weight is 366 g/mol. The van der Waals surface area contributed by atoms with Crippen molar-refractivity contribution in [2.24, 2.45) is 0 Å². The number of carboxylic acids is 1. The average Bonchev–Trinajstić information content (AvgIpc) is 2.53. The number of carbonyl (C=O) groups excluding carboxylic acids is 1. The van der Waals surface area contributed by atoms with Crippen LogP contribution in [0.3, 0.4) is 0 Å². The van der Waals surface area contributed by atoms with Gasteiger partial charge in [0, 0.05) is 12.6 Å². The number of amides is 1. The molecule has 0 spiro atoms. The second-order valence-electron chi connectivity index (χ2n) is 5.09. The summed E-state index contributed by atoms with van der Waals surface area (Å²) in [4.78, 5) is 21.9. The molecule has 0 saturated heterocycles. The minimum Gasteiger partial charge on any atom is -0.480 e. The molecule has 9 heteroatoms. The fourth-order valence-electron chi connectivity index (χ4n) is 2.09. The Balaban J connectivity index is 2.42. The van der Waals surface area contributed by atoms with Gasteiger partial charge in [0.2, 0.25) is 5.91 Å². The zero-order chi connectivity index (χ0) is 18.6. The maximum atomic E-state index is 13.1. The van der Waals surface area contributed by atoms with Crippen LogP contribution in [0.15, 0.2) is 53.4 Å². The summed E-state index contributed by atoms with van der Waals surface area (Å²) in [5.41, 5.74) is 0.424. The summed E-state index contributed by atoms with van der Waals surface area (Å²) in [6, 6.07) is 9.72. The van der Waals surface area contributed by atoms with Crippen LogP contribution in [0, 0.1) is 5.82 Å². The van der Waals surface area contributed by atoms with Gasteiger partial charge in [-0.25, -0.2) is 12.8 Å². The first kappa shape index (κ1) is 18.4. The summed E-state index contributed by atoms with van der Waals surface area (Å²) in [5.74, 6) is -2.24. The van der Waals surface area contributed by atoms with Crippen LogP contribution in [0.1, 0.15) is 6.92 Å². The van der Waals surface area contributed by atoms with E-state index in [-0.39, 0.29) is 16.5 Å². The van der Waals surface area contributed by atoms with Gasteiger partial charge in [-0.2, -0.15) is 0 Å². The summed E-state index contributed by atoms with van der Waals surface area (Å²) < 4.78 is 39.3. The number of rotatable bonds is 6. The third kappa shape index (κ3) is 4.54. The van der Waals surface area contributed by atoms with E-state index in [0.717, 1.165) is 12.1 Å². The lowest BCUT2D eigenvalue weighted by Gasteiger charge is -2.22. The van der Waals surface area contributed by atoms with Crippen LogP contribution in [0.2, 0.25) is 0 Å². The van der Waals surface area contributed by atoms with Gasteiger partial charge in [-0.1, -0.05) is 0 Å². The second kappa shape index (κ2) is 7.31. The fourth-order valence-corrected chi connectivity index (χ4v) is 3.50. The van der Waals surface area contributed by atoms with E-state index in [4.69, 9.17) is 5.11 Å². The molecule has 0 unspecified atom stereocenters. The molecule has 0 aromatic heterocycles. The number of carbonyl (C=O) groups is 2. The number of aliphatic carboxylic acids is 1. The number of sulfonamides is 1. The molecular weight excluding hydrogens is 351 g/mol. The first-order valence-corrected chi connectivity index (χ1v) is 8.52. The Labute approximate surface area is 143 Å². The number of nitrogens with one attached hydrogen (secondary N) is 1. The highest BCUT2D eigenvalue weighted by molar-refractivity contribution is 7.92. The molecule has 2 rings (SSSR count). The van der Waals surface area contributed by atoms with Crippen molar-refractivity contribution in [3.63, 3.8) is 0 Å². The van der Waals surface area contributed by atoms with Gasteiger partial charge in [-0.15, -0.1) is 0 Å². The molecule has 132 valence electrons. The van der Waals surface area contributed by atoms with Crippen molar-refractivity contribution < 1.29 is 27.5 Å². The van der Waals surface area contributed by atoms with Crippen molar-refractivity contribution >= 4 is 33.3 Å². The van der Waals surface area contributed by atoms with Crippen molar-refractivity contribution in [3.05, 3.63) is 54.3 Å². The van der Waals surface area contributed by atoms with Crippen molar-refractivity contribution in [2.75, 3.05) is 16.2 Å². The monoisotopic (exact) mass is 366 g/mol. The zero-order valence-corrected chi connectivity index (χ0v) is 14.0. The maximum absolute atomic E-state index is 13.1. The molecule has 0 bridgehead atoms. The highest BCUT2D eigenvalue weighted by Crippen LogP contribution is 2.24. The summed E-state index contributed by atoms with van der Waals surface area (Å²) in [7, 11) is -4.19. The lowest BCUT2D eigenvalue weighted by Crippen LogP contribution is -2.35. The number of hydrogen-bond acceptors (Lipinski definition) is 4. The molecule has 0 fully saturated rings. The topological polar surface area (TPSA) is 104 Å². The Morgan fingerprint density at radius 1 is 1.08 bits per heavy atom. The van der Waals surface area contributed by atoms with E-state index in [1.165, 1.54) is 43.3 Å². The van der Waals surface area contributed by atoms with Crippen LogP contribution < -0.4 is 9.62 Å². The number of anilines is 2. The van der Waals surface area contributed by atoms with Gasteiger partial charge in [0.25, 0.3) is 10.0 Å². The maximum Gasteiger partial charge on any atom is 0.324 e. The smallest absolute Gasteiger partial charge is 0.324 e. The van der Waals surface area contributed by atoms with Gasteiger partial charge in [0.05, 0.1) is 10.6 Å². The lowest BCUT2D eigenvalue weighted by molar-refractivity contribution is -0.135. The molecule has 25 heavy (non-hydrogen) atoms. The number of nitrogens with zero attached hydrogens (tertiary/aromatic N) is 1. The van der Waals surface area contributed by atoms with E-state index in [1.807, 2.05) is 0 Å². The SMILES string of the molecule is CC(=O)Nc1ccc(S(=O)(=O)N(CC(=O)O)c2ccc(F)cc2)cc1. The predicted octanol–water partition coefficient (Wildman–Crippen LogP) is 2.06. The van der Waals surface area contributed by atoms with Gasteiger partial charge in [0.15, 0.2) is 0 Å². The zero-order valence-electron chi connectivity index (χ0n) is 13.1. The molecule has 7 nitrogen and oxygen atoms in total. The standard InChI is InChI=1S/C16H15FN2O5S/c1-11(20)18-13-4-8-15(9-5-13)25(23,24)19(10-16(21)22)14-6-2-12(17)3-7-14/h2-9H,10H2,1H3,(H,18,20)(H,21,22). The molecule has 2 aromatic rings. The molecule has 0 atom stereocenters. The number of benzene rings is 2. The van der Waals surface area contributed by atoms with Crippen LogP contribution >= 0.6 is 0 Å². The van der Waals surface area contributed by atoms with E-state index in [0.29, 0.717) is 9.99 Å². The molecule has 2 aromatic carbocycles. The number of hydrogen-bond donors (Lipinski definition) is 2. The molecule has 0 saturated carbocycles. The van der Waals surface area contributed by atoms with Crippen molar-refractivity contribution in [3.8, 4) is 0 Å². The molecule has 0 heterocycles. The summed E-state index contributed by atoms with van der Waals surface area (Å²) in [5, 5.41) is 11.5. The molecule has 2 N–H and O–H groups in total. The Hall–Kier alpha value is -2.94. The molecule has 0 aliphatic rings. The van der Waals surface area contributed by atoms with Crippen molar-refractivity contribution in [1.82, 2.24) is 0 Å². The molecule has 0 aliphatic heterocycles. The molecule has 0 aliphatic carbocycles. The Morgan fingerprint density at radius 3 is 2.12 bits per heavy atom. The molecule has 1 amide bonds. The summed E-state index contributed by atoms with van der Waals surface area (Å²) >= 11 is 0. The minimum absolute atomic E-state index is 0.0229. The third-order valence-electron chi connectivity index (χ3n) is 3.16. The van der Waals surface area contributed by atoms with Gasteiger partial charge in [-0.3, -0.25) is 13.9 Å². The van der Waals surface area contributed by atoms with Crippen LogP contribution in [-0.2, 0) is 19.6 Å². The largest absolute Gasteiger partial charge is 0.480 e. The van der Waals surface area contributed by atoms with Crippen LogP contribution in [-0.4, -0.2) is 31.9 Å². The van der Waals surface area contributed by atoms with E-state index >= 15 is 0 Å². The van der Waals surface area contributed by atoms with Crippen LogP contribution in [0.5, 0.6) is 0 Å². The van der Waals surface area contributed by atoms with E-state index in [1.54, 1.807) is 0 Å². The van der Waals surface area contributed by atoms with Gasteiger partial charge >= 0.3 is 5.97 Å². The second-order valence-corrected chi connectivity index (χ2v) is 6.95. The number of halogens is 1. The van der Waals surface area contributed by atoms with Gasteiger partial charge < -0.3 is 10.4 Å². The third-order valence-corrected chi connectivity index (χ3v) is 4.94. The number of carboxylic acid groups (broad SMARTS) is 1. The van der Waals surface area contributed by atoms with Gasteiger partial charge in [-0.05, 0) is 48.5 Å². The lowest BCUT2D eigenvalue weighted by atomic mass is 10.3. The normalized spacial score (nSPS) is 11.0. The Morgan fingerprint density at radius 2 is 1.64 bits per heavy atom. The molecule has 0 radical (unpaired) electrons. The fraction of sp³-hybridized carbons (Fsp3) is 0.125. The molecular formula is C16H15FN2O5S. The quantitative estimate of drug-likeness (QED) is 0.814. The van der Waals surface area contributed by atoms with Crippen molar-refractivity contribution in [1.29, 1.82) is 0 Å². The highest BCUT2D eigenvalue weighted by Gasteiger charge is 2.27. The van der Waals surface area contributed by atoms with E-state index in [9.17, 15) is 22.4 Å². The van der Waals surface area contributed by atoms with Crippen LogP contribution in [0.4, 0.5) is 15.8 Å². The predicted molar refractivity (Wildman–Crippen MR) is 89.3 cm³/mol. The Kier molecular flexibility index (Phi) is 5.38. The Bertz CT molecular complexity index is 880. The van der Waals surface area contributed by atoms with E-state index < -0.39 is 28.4 Å². The summed E-state index contributed by atoms with van der Waals surface area (Å²) in [6.45, 7) is 0.495. The summed E-state index contributed by atoms with van der Waals surface area (Å²) in [6.07, 6.45) is 0. The van der Waals surface area contributed by atoms with Crippen molar-refractivity contribution in [2.45, 2.75) is 11.8 Å². The van der Waals surface area contributed by atoms with E-state index in [2.05, 4.69) is 5.32 Å². The highest BCUT2D eigenvalue weighted by atomic mass is 32.2. The van der Waals surface area contributed by atoms with Crippen LogP contribution in [0.25, 0.3) is 0 Å². The minimum atomic E-state index is -4.19.